The van der Waals surface area contributed by atoms with Crippen LogP contribution in [0.3, 0.4) is 0 Å². The standard InChI is InChI=1S/C27H33N3O4S2/c31-25(21-30(19-23-11-7-8-12-23)36(33,34)27-28-16-18-35-27)20-29(17-15-22-9-3-1-4-10-22)26(32)24-13-5-2-6-14-24/h1-6,9-10,13-14,16,18,23,25,31H,7-8,11-12,15,17,19-21H2/t25-/m0/s1. The molecule has 0 saturated heterocycles. The van der Waals surface area contributed by atoms with Crippen molar-refractivity contribution in [3.8, 4) is 0 Å². The van der Waals surface area contributed by atoms with E-state index in [9.17, 15) is 18.3 Å². The topological polar surface area (TPSA) is 90.8 Å². The minimum absolute atomic E-state index is 0.0361. The van der Waals surface area contributed by atoms with Gasteiger partial charge in [-0.15, -0.1) is 11.3 Å². The van der Waals surface area contributed by atoms with Crippen LogP contribution in [0.25, 0.3) is 0 Å². The molecule has 1 aliphatic rings. The van der Waals surface area contributed by atoms with Crippen LogP contribution in [0, 0.1) is 5.92 Å². The summed E-state index contributed by atoms with van der Waals surface area (Å²) >= 11 is 1.08. The number of benzene rings is 2. The van der Waals surface area contributed by atoms with Crippen LogP contribution in [0.15, 0.2) is 76.6 Å². The molecule has 1 aromatic heterocycles. The van der Waals surface area contributed by atoms with Crippen molar-refractivity contribution < 1.29 is 18.3 Å². The lowest BCUT2D eigenvalue weighted by atomic mass is 10.1. The van der Waals surface area contributed by atoms with Gasteiger partial charge in [0.1, 0.15) is 0 Å². The van der Waals surface area contributed by atoms with Gasteiger partial charge in [-0.2, -0.15) is 4.31 Å². The van der Waals surface area contributed by atoms with Crippen LogP contribution in [0.2, 0.25) is 0 Å². The molecule has 1 heterocycles. The van der Waals surface area contributed by atoms with Gasteiger partial charge in [0.05, 0.1) is 6.10 Å². The predicted molar refractivity (Wildman–Crippen MR) is 141 cm³/mol. The van der Waals surface area contributed by atoms with Crippen molar-refractivity contribution >= 4 is 27.3 Å². The van der Waals surface area contributed by atoms with Crippen LogP contribution in [-0.4, -0.2) is 65.9 Å². The summed E-state index contributed by atoms with van der Waals surface area (Å²) in [5.41, 5.74) is 1.63. The molecule has 0 radical (unpaired) electrons. The number of aliphatic hydroxyl groups excluding tert-OH is 1. The zero-order valence-electron chi connectivity index (χ0n) is 20.3. The van der Waals surface area contributed by atoms with Gasteiger partial charge in [-0.25, -0.2) is 13.4 Å². The number of hydrogen-bond donors (Lipinski definition) is 1. The van der Waals surface area contributed by atoms with E-state index in [2.05, 4.69) is 4.98 Å². The van der Waals surface area contributed by atoms with Crippen molar-refractivity contribution in [2.24, 2.45) is 5.92 Å². The van der Waals surface area contributed by atoms with Gasteiger partial charge in [0, 0.05) is 43.3 Å². The summed E-state index contributed by atoms with van der Waals surface area (Å²) in [6, 6.07) is 18.8. The van der Waals surface area contributed by atoms with Crippen molar-refractivity contribution in [2.75, 3.05) is 26.2 Å². The lowest BCUT2D eigenvalue weighted by molar-refractivity contribution is 0.0584. The molecular formula is C27H33N3O4S2. The average Bonchev–Trinajstić information content (AvgIpc) is 3.62. The summed E-state index contributed by atoms with van der Waals surface area (Å²) in [4.78, 5) is 19.0. The smallest absolute Gasteiger partial charge is 0.270 e. The maximum Gasteiger partial charge on any atom is 0.270 e. The second-order valence-corrected chi connectivity index (χ2v) is 12.3. The van der Waals surface area contributed by atoms with E-state index in [1.807, 2.05) is 48.5 Å². The highest BCUT2D eigenvalue weighted by Gasteiger charge is 2.32. The Hall–Kier alpha value is -2.59. The number of amides is 1. The van der Waals surface area contributed by atoms with Crippen molar-refractivity contribution in [1.82, 2.24) is 14.2 Å². The summed E-state index contributed by atoms with van der Waals surface area (Å²) in [5, 5.41) is 12.7. The highest BCUT2D eigenvalue weighted by Crippen LogP contribution is 2.28. The molecule has 1 amide bonds. The number of hydrogen-bond acceptors (Lipinski definition) is 6. The molecule has 4 rings (SSSR count). The van der Waals surface area contributed by atoms with Crippen LogP contribution >= 0.6 is 11.3 Å². The van der Waals surface area contributed by atoms with Gasteiger partial charge in [-0.1, -0.05) is 61.4 Å². The number of aliphatic hydroxyl groups is 1. The van der Waals surface area contributed by atoms with Crippen molar-refractivity contribution in [2.45, 2.75) is 42.5 Å². The van der Waals surface area contributed by atoms with Crippen molar-refractivity contribution in [3.63, 3.8) is 0 Å². The lowest BCUT2D eigenvalue weighted by Gasteiger charge is -2.30. The number of nitrogens with zero attached hydrogens (tertiary/aromatic N) is 3. The van der Waals surface area contributed by atoms with E-state index in [-0.39, 0.29) is 29.3 Å². The van der Waals surface area contributed by atoms with E-state index < -0.39 is 16.1 Å². The first-order valence-corrected chi connectivity index (χ1v) is 14.7. The van der Waals surface area contributed by atoms with E-state index in [1.165, 1.54) is 10.5 Å². The van der Waals surface area contributed by atoms with Crippen LogP contribution in [0.1, 0.15) is 41.6 Å². The molecule has 1 aliphatic carbocycles. The first kappa shape index (κ1) is 26.5. The van der Waals surface area contributed by atoms with E-state index >= 15 is 0 Å². The fourth-order valence-corrected chi connectivity index (χ4v) is 7.21. The Bertz CT molecular complexity index is 1180. The molecule has 0 unspecified atom stereocenters. The molecule has 192 valence electrons. The van der Waals surface area contributed by atoms with Crippen LogP contribution in [0.5, 0.6) is 0 Å². The average molecular weight is 528 g/mol. The Balaban J connectivity index is 1.50. The van der Waals surface area contributed by atoms with Crippen LogP contribution < -0.4 is 0 Å². The number of carbonyl (C=O) groups excluding carboxylic acids is 1. The summed E-state index contributed by atoms with van der Waals surface area (Å²) in [5.74, 6) is 0.0859. The van der Waals surface area contributed by atoms with Gasteiger partial charge in [0.15, 0.2) is 0 Å². The Morgan fingerprint density at radius 3 is 2.33 bits per heavy atom. The van der Waals surface area contributed by atoms with Gasteiger partial charge in [-0.3, -0.25) is 4.79 Å². The quantitative estimate of drug-likeness (QED) is 0.383. The third-order valence-corrected chi connectivity index (χ3v) is 9.58. The Kier molecular flexibility index (Phi) is 9.25. The zero-order valence-corrected chi connectivity index (χ0v) is 21.9. The molecule has 0 aliphatic heterocycles. The van der Waals surface area contributed by atoms with Gasteiger partial charge < -0.3 is 10.0 Å². The maximum atomic E-state index is 13.4. The molecule has 2 aromatic carbocycles. The van der Waals surface area contributed by atoms with Crippen molar-refractivity contribution in [1.29, 1.82) is 0 Å². The summed E-state index contributed by atoms with van der Waals surface area (Å²) in [6.07, 6.45) is 5.23. The second kappa shape index (κ2) is 12.6. The molecule has 0 bridgehead atoms. The Morgan fingerprint density at radius 1 is 1.03 bits per heavy atom. The normalized spacial score (nSPS) is 15.3. The molecular weight excluding hydrogens is 494 g/mol. The van der Waals surface area contributed by atoms with Gasteiger partial charge in [-0.05, 0) is 42.9 Å². The SMILES string of the molecule is O=C(c1ccccc1)N(CCc1ccccc1)C[C@H](O)CN(CC1CCCC1)S(=O)(=O)c1nccs1. The highest BCUT2D eigenvalue weighted by molar-refractivity contribution is 7.91. The number of aromatic nitrogens is 1. The second-order valence-electron chi connectivity index (χ2n) is 9.28. The molecule has 1 atom stereocenters. The van der Waals surface area contributed by atoms with Crippen molar-refractivity contribution in [3.05, 3.63) is 83.4 Å². The highest BCUT2D eigenvalue weighted by atomic mass is 32.2. The van der Waals surface area contributed by atoms with E-state index in [1.54, 1.807) is 22.4 Å². The monoisotopic (exact) mass is 527 g/mol. The molecule has 0 spiro atoms. The Labute approximate surface area is 217 Å². The molecule has 36 heavy (non-hydrogen) atoms. The summed E-state index contributed by atoms with van der Waals surface area (Å²) in [7, 11) is -3.83. The van der Waals surface area contributed by atoms with Gasteiger partial charge in [0.25, 0.3) is 15.9 Å². The predicted octanol–water partition coefficient (Wildman–Crippen LogP) is 4.07. The molecule has 1 fully saturated rings. The largest absolute Gasteiger partial charge is 0.390 e. The van der Waals surface area contributed by atoms with Gasteiger partial charge >= 0.3 is 0 Å². The fourth-order valence-electron chi connectivity index (χ4n) is 4.69. The molecule has 3 aromatic rings. The van der Waals surface area contributed by atoms with Crippen LogP contribution in [0.4, 0.5) is 0 Å². The molecule has 9 heteroatoms. The molecule has 1 N–H and O–H groups in total. The van der Waals surface area contributed by atoms with Gasteiger partial charge in [0.2, 0.25) is 4.34 Å². The van der Waals surface area contributed by atoms with E-state index in [0.717, 1.165) is 42.6 Å². The lowest BCUT2D eigenvalue weighted by Crippen LogP contribution is -2.46. The fraction of sp³-hybridized carbons (Fsp3) is 0.407. The summed E-state index contributed by atoms with van der Waals surface area (Å²) < 4.78 is 28.1. The van der Waals surface area contributed by atoms with E-state index in [0.29, 0.717) is 25.1 Å². The summed E-state index contributed by atoms with van der Waals surface area (Å²) in [6.45, 7) is 0.726. The third kappa shape index (κ3) is 7.00. The Morgan fingerprint density at radius 2 is 1.69 bits per heavy atom. The van der Waals surface area contributed by atoms with Crippen LogP contribution in [-0.2, 0) is 16.4 Å². The minimum Gasteiger partial charge on any atom is -0.390 e. The molecule has 1 saturated carbocycles. The minimum atomic E-state index is -3.83. The number of rotatable bonds is 12. The third-order valence-electron chi connectivity index (χ3n) is 6.57. The first-order valence-electron chi connectivity index (χ1n) is 12.4. The maximum absolute atomic E-state index is 13.4. The van der Waals surface area contributed by atoms with E-state index in [4.69, 9.17) is 0 Å². The first-order chi connectivity index (χ1) is 17.4. The molecule has 7 nitrogen and oxygen atoms in total. The number of carbonyl (C=O) groups is 1. The zero-order chi connectivity index (χ0) is 25.4. The number of sulfonamides is 1. The number of thiazole rings is 1.